The molecular weight excluding hydrogens is 264 g/mol. The van der Waals surface area contributed by atoms with Crippen LogP contribution in [0.3, 0.4) is 0 Å². The molecular formula is C11H14N6OS. The Morgan fingerprint density at radius 1 is 1.26 bits per heavy atom. The minimum Gasteiger partial charge on any atom is -0.464 e. The predicted molar refractivity (Wildman–Crippen MR) is 71.3 cm³/mol. The average molecular weight is 278 g/mol. The summed E-state index contributed by atoms with van der Waals surface area (Å²) in [6.07, 6.45) is 3.16. The second-order valence-electron chi connectivity index (χ2n) is 3.34. The topological polar surface area (TPSA) is 85.7 Å². The Morgan fingerprint density at radius 2 is 2.16 bits per heavy atom. The van der Waals surface area contributed by atoms with Gasteiger partial charge in [-0.3, -0.25) is 0 Å². The van der Waals surface area contributed by atoms with E-state index in [2.05, 4.69) is 30.2 Å². The summed E-state index contributed by atoms with van der Waals surface area (Å²) in [4.78, 5) is 20.6. The SMILES string of the molecule is CCNc1nc(OCC)nc(Sc2ccncn2)n1. The van der Waals surface area contributed by atoms with Gasteiger partial charge in [0.15, 0.2) is 0 Å². The molecule has 8 heteroatoms. The van der Waals surface area contributed by atoms with Crippen molar-refractivity contribution >= 4 is 17.7 Å². The van der Waals surface area contributed by atoms with E-state index in [9.17, 15) is 0 Å². The molecule has 0 bridgehead atoms. The summed E-state index contributed by atoms with van der Waals surface area (Å²) in [7, 11) is 0. The minimum absolute atomic E-state index is 0.310. The molecule has 7 nitrogen and oxygen atoms in total. The number of nitrogens with zero attached hydrogens (tertiary/aromatic N) is 5. The van der Waals surface area contributed by atoms with Crippen LogP contribution in [-0.2, 0) is 0 Å². The van der Waals surface area contributed by atoms with Crippen molar-refractivity contribution in [3.05, 3.63) is 18.6 Å². The van der Waals surface area contributed by atoms with Crippen molar-refractivity contribution in [2.24, 2.45) is 0 Å². The normalized spacial score (nSPS) is 10.2. The van der Waals surface area contributed by atoms with Crippen LogP contribution in [0, 0.1) is 0 Å². The summed E-state index contributed by atoms with van der Waals surface area (Å²) < 4.78 is 5.32. The van der Waals surface area contributed by atoms with E-state index in [0.717, 1.165) is 11.6 Å². The van der Waals surface area contributed by atoms with Crippen molar-refractivity contribution in [2.45, 2.75) is 24.0 Å². The first-order chi connectivity index (χ1) is 9.31. The summed E-state index contributed by atoms with van der Waals surface area (Å²) in [5, 5.41) is 4.35. The second kappa shape index (κ2) is 6.83. The molecule has 0 amide bonds. The van der Waals surface area contributed by atoms with E-state index in [4.69, 9.17) is 4.74 Å². The maximum atomic E-state index is 5.32. The molecule has 2 rings (SSSR count). The van der Waals surface area contributed by atoms with Gasteiger partial charge >= 0.3 is 6.01 Å². The maximum absolute atomic E-state index is 5.32. The van der Waals surface area contributed by atoms with Gasteiger partial charge in [-0.05, 0) is 31.7 Å². The number of ether oxygens (including phenoxy) is 1. The summed E-state index contributed by atoms with van der Waals surface area (Å²) >= 11 is 1.33. The molecule has 0 atom stereocenters. The largest absolute Gasteiger partial charge is 0.464 e. The molecule has 0 spiro atoms. The summed E-state index contributed by atoms with van der Waals surface area (Å²) in [6.45, 7) is 5.09. The van der Waals surface area contributed by atoms with Gasteiger partial charge in [-0.2, -0.15) is 15.0 Å². The molecule has 0 aliphatic heterocycles. The fraction of sp³-hybridized carbons (Fsp3) is 0.364. The van der Waals surface area contributed by atoms with Crippen molar-refractivity contribution < 1.29 is 4.74 Å². The highest BCUT2D eigenvalue weighted by atomic mass is 32.2. The van der Waals surface area contributed by atoms with E-state index in [-0.39, 0.29) is 0 Å². The van der Waals surface area contributed by atoms with Crippen molar-refractivity contribution in [3.63, 3.8) is 0 Å². The molecule has 19 heavy (non-hydrogen) atoms. The average Bonchev–Trinajstić information content (AvgIpc) is 2.40. The Morgan fingerprint density at radius 3 is 2.84 bits per heavy atom. The van der Waals surface area contributed by atoms with Gasteiger partial charge in [-0.1, -0.05) is 0 Å². The lowest BCUT2D eigenvalue weighted by atomic mass is 10.7. The summed E-state index contributed by atoms with van der Waals surface area (Å²) in [5.74, 6) is 0.498. The van der Waals surface area contributed by atoms with Crippen LogP contribution in [0.5, 0.6) is 6.01 Å². The van der Waals surface area contributed by atoms with Crippen molar-refractivity contribution in [1.82, 2.24) is 24.9 Å². The molecule has 0 saturated heterocycles. The van der Waals surface area contributed by atoms with Crippen LogP contribution in [0.15, 0.2) is 28.8 Å². The number of nitrogens with one attached hydrogen (secondary N) is 1. The fourth-order valence-electron chi connectivity index (χ4n) is 1.25. The number of hydrogen-bond donors (Lipinski definition) is 1. The Labute approximate surface area is 115 Å². The van der Waals surface area contributed by atoms with Gasteiger partial charge in [0, 0.05) is 12.7 Å². The first-order valence-corrected chi connectivity index (χ1v) is 6.70. The Balaban J connectivity index is 2.23. The van der Waals surface area contributed by atoms with Crippen LogP contribution in [0.2, 0.25) is 0 Å². The lowest BCUT2D eigenvalue weighted by molar-refractivity contribution is 0.308. The van der Waals surface area contributed by atoms with Gasteiger partial charge in [-0.15, -0.1) is 0 Å². The highest BCUT2D eigenvalue weighted by Gasteiger charge is 2.08. The van der Waals surface area contributed by atoms with Crippen LogP contribution >= 0.6 is 11.8 Å². The highest BCUT2D eigenvalue weighted by Crippen LogP contribution is 2.23. The fourth-order valence-corrected chi connectivity index (χ4v) is 1.92. The number of rotatable bonds is 6. The molecule has 0 aromatic carbocycles. The van der Waals surface area contributed by atoms with Gasteiger partial charge < -0.3 is 10.1 Å². The minimum atomic E-state index is 0.310. The smallest absolute Gasteiger partial charge is 0.322 e. The lowest BCUT2D eigenvalue weighted by Crippen LogP contribution is -2.07. The van der Waals surface area contributed by atoms with E-state index in [1.165, 1.54) is 18.1 Å². The van der Waals surface area contributed by atoms with Crippen molar-refractivity contribution in [3.8, 4) is 6.01 Å². The second-order valence-corrected chi connectivity index (χ2v) is 4.32. The number of hydrogen-bond acceptors (Lipinski definition) is 8. The first-order valence-electron chi connectivity index (χ1n) is 5.88. The van der Waals surface area contributed by atoms with Gasteiger partial charge in [0.25, 0.3) is 0 Å². The Hall–Kier alpha value is -1.96. The molecule has 0 aliphatic rings. The van der Waals surface area contributed by atoms with Crippen molar-refractivity contribution in [1.29, 1.82) is 0 Å². The first kappa shape index (κ1) is 13.5. The third kappa shape index (κ3) is 4.02. The molecule has 0 saturated carbocycles. The monoisotopic (exact) mass is 278 g/mol. The predicted octanol–water partition coefficient (Wildman–Crippen LogP) is 1.64. The van der Waals surface area contributed by atoms with Crippen LogP contribution in [0.25, 0.3) is 0 Å². The van der Waals surface area contributed by atoms with E-state index in [1.807, 2.05) is 13.8 Å². The molecule has 1 N–H and O–H groups in total. The molecule has 2 heterocycles. The summed E-state index contributed by atoms with van der Waals surface area (Å²) in [5.41, 5.74) is 0. The van der Waals surface area contributed by atoms with Gasteiger partial charge in [0.1, 0.15) is 11.4 Å². The molecule has 0 unspecified atom stereocenters. The molecule has 0 radical (unpaired) electrons. The summed E-state index contributed by atoms with van der Waals surface area (Å²) in [6, 6.07) is 2.10. The van der Waals surface area contributed by atoms with Crippen LogP contribution in [-0.4, -0.2) is 38.1 Å². The quantitative estimate of drug-likeness (QED) is 0.798. The number of aromatic nitrogens is 5. The van der Waals surface area contributed by atoms with E-state index in [0.29, 0.717) is 23.7 Å². The van der Waals surface area contributed by atoms with Crippen molar-refractivity contribution in [2.75, 3.05) is 18.5 Å². The Kier molecular flexibility index (Phi) is 4.85. The molecule has 2 aromatic rings. The van der Waals surface area contributed by atoms with E-state index >= 15 is 0 Å². The maximum Gasteiger partial charge on any atom is 0.322 e. The Bertz CT molecular complexity index is 500. The zero-order chi connectivity index (χ0) is 13.5. The van der Waals surface area contributed by atoms with E-state index in [1.54, 1.807) is 12.3 Å². The molecule has 0 fully saturated rings. The third-order valence-corrected chi connectivity index (χ3v) is 2.77. The van der Waals surface area contributed by atoms with Gasteiger partial charge in [-0.25, -0.2) is 9.97 Å². The standard InChI is InChI=1S/C11H14N6OS/c1-3-13-9-15-10(18-4-2)17-11(16-9)19-8-5-6-12-7-14-8/h5-7H,3-4H2,1-2H3,(H,13,15,16,17). The molecule has 100 valence electrons. The van der Waals surface area contributed by atoms with Crippen LogP contribution in [0.4, 0.5) is 5.95 Å². The lowest BCUT2D eigenvalue weighted by Gasteiger charge is -2.06. The highest BCUT2D eigenvalue weighted by molar-refractivity contribution is 7.99. The van der Waals surface area contributed by atoms with Crippen LogP contribution in [0.1, 0.15) is 13.8 Å². The zero-order valence-electron chi connectivity index (χ0n) is 10.7. The van der Waals surface area contributed by atoms with Gasteiger partial charge in [0.05, 0.1) is 6.61 Å². The van der Waals surface area contributed by atoms with Crippen LogP contribution < -0.4 is 10.1 Å². The third-order valence-electron chi connectivity index (χ3n) is 1.95. The zero-order valence-corrected chi connectivity index (χ0v) is 11.5. The van der Waals surface area contributed by atoms with E-state index < -0.39 is 0 Å². The molecule has 0 aliphatic carbocycles. The molecule has 2 aromatic heterocycles. The van der Waals surface area contributed by atoms with Gasteiger partial charge in [0.2, 0.25) is 11.1 Å². The number of anilines is 1.